The SMILES string of the molecule is CN1CCCC(NC(=O)c2ccc(N)cn2)C1. The number of likely N-dealkylation sites (tertiary alicyclic amines) is 1. The van der Waals surface area contributed by atoms with Crippen LogP contribution in [0.15, 0.2) is 18.3 Å². The molecule has 92 valence electrons. The Balaban J connectivity index is 1.94. The Kier molecular flexibility index (Phi) is 3.58. The molecule has 1 unspecified atom stereocenters. The summed E-state index contributed by atoms with van der Waals surface area (Å²) in [5.41, 5.74) is 6.52. The minimum Gasteiger partial charge on any atom is -0.397 e. The van der Waals surface area contributed by atoms with Crippen LogP contribution in [0.5, 0.6) is 0 Å². The number of anilines is 1. The fourth-order valence-corrected chi connectivity index (χ4v) is 2.08. The lowest BCUT2D eigenvalue weighted by Gasteiger charge is -2.30. The zero-order chi connectivity index (χ0) is 12.3. The molecule has 1 aromatic rings. The highest BCUT2D eigenvalue weighted by molar-refractivity contribution is 5.92. The van der Waals surface area contributed by atoms with E-state index < -0.39 is 0 Å². The van der Waals surface area contributed by atoms with Crippen molar-refractivity contribution >= 4 is 11.6 Å². The van der Waals surface area contributed by atoms with Crippen LogP contribution < -0.4 is 11.1 Å². The van der Waals surface area contributed by atoms with E-state index in [2.05, 4.69) is 22.2 Å². The maximum atomic E-state index is 11.9. The molecule has 17 heavy (non-hydrogen) atoms. The number of hydrogen-bond donors (Lipinski definition) is 2. The first-order chi connectivity index (χ1) is 8.15. The Bertz CT molecular complexity index is 390. The van der Waals surface area contributed by atoms with Gasteiger partial charge in [0, 0.05) is 12.6 Å². The van der Waals surface area contributed by atoms with E-state index in [1.165, 1.54) is 6.20 Å². The molecular formula is C12H18N4O. The van der Waals surface area contributed by atoms with Gasteiger partial charge in [0.05, 0.1) is 11.9 Å². The van der Waals surface area contributed by atoms with Gasteiger partial charge in [-0.2, -0.15) is 0 Å². The summed E-state index contributed by atoms with van der Waals surface area (Å²) in [6.45, 7) is 2.01. The van der Waals surface area contributed by atoms with E-state index in [4.69, 9.17) is 5.73 Å². The molecule has 1 atom stereocenters. The van der Waals surface area contributed by atoms with Gasteiger partial charge in [-0.05, 0) is 38.6 Å². The zero-order valence-electron chi connectivity index (χ0n) is 10.0. The number of rotatable bonds is 2. The second kappa shape index (κ2) is 5.14. The van der Waals surface area contributed by atoms with Crippen LogP contribution in [0.1, 0.15) is 23.3 Å². The van der Waals surface area contributed by atoms with Gasteiger partial charge in [-0.15, -0.1) is 0 Å². The first kappa shape index (κ1) is 11.9. The molecule has 2 rings (SSSR count). The van der Waals surface area contributed by atoms with E-state index in [-0.39, 0.29) is 11.9 Å². The molecule has 1 aromatic heterocycles. The van der Waals surface area contributed by atoms with Crippen molar-refractivity contribution in [2.75, 3.05) is 25.9 Å². The number of aromatic nitrogens is 1. The van der Waals surface area contributed by atoms with Gasteiger partial charge in [-0.1, -0.05) is 0 Å². The Labute approximate surface area is 101 Å². The van der Waals surface area contributed by atoms with Gasteiger partial charge in [0.25, 0.3) is 5.91 Å². The lowest BCUT2D eigenvalue weighted by atomic mass is 10.1. The van der Waals surface area contributed by atoms with Crippen molar-refractivity contribution in [3.05, 3.63) is 24.0 Å². The van der Waals surface area contributed by atoms with E-state index in [1.807, 2.05) is 0 Å². The number of carbonyl (C=O) groups is 1. The average molecular weight is 234 g/mol. The van der Waals surface area contributed by atoms with E-state index in [1.54, 1.807) is 12.1 Å². The van der Waals surface area contributed by atoms with Crippen LogP contribution in [0.25, 0.3) is 0 Å². The maximum Gasteiger partial charge on any atom is 0.270 e. The fourth-order valence-electron chi connectivity index (χ4n) is 2.08. The van der Waals surface area contributed by atoms with Crippen molar-refractivity contribution in [2.45, 2.75) is 18.9 Å². The molecule has 2 heterocycles. The third-order valence-electron chi connectivity index (χ3n) is 2.98. The van der Waals surface area contributed by atoms with Crippen molar-refractivity contribution in [1.29, 1.82) is 0 Å². The minimum atomic E-state index is -0.120. The number of pyridine rings is 1. The minimum absolute atomic E-state index is 0.120. The second-order valence-corrected chi connectivity index (χ2v) is 4.55. The highest BCUT2D eigenvalue weighted by Gasteiger charge is 2.19. The van der Waals surface area contributed by atoms with E-state index in [0.717, 1.165) is 25.9 Å². The molecule has 1 amide bonds. The number of nitrogens with zero attached hydrogens (tertiary/aromatic N) is 2. The predicted molar refractivity (Wildman–Crippen MR) is 66.6 cm³/mol. The third-order valence-corrected chi connectivity index (χ3v) is 2.98. The van der Waals surface area contributed by atoms with E-state index >= 15 is 0 Å². The monoisotopic (exact) mass is 234 g/mol. The van der Waals surface area contributed by atoms with Crippen molar-refractivity contribution < 1.29 is 4.79 Å². The van der Waals surface area contributed by atoms with Crippen LogP contribution >= 0.6 is 0 Å². The Morgan fingerprint density at radius 1 is 1.59 bits per heavy atom. The summed E-state index contributed by atoms with van der Waals surface area (Å²) in [5.74, 6) is -0.120. The smallest absolute Gasteiger partial charge is 0.270 e. The zero-order valence-corrected chi connectivity index (χ0v) is 10.0. The van der Waals surface area contributed by atoms with Gasteiger partial charge < -0.3 is 16.0 Å². The molecule has 0 saturated carbocycles. The van der Waals surface area contributed by atoms with Gasteiger partial charge in [0.2, 0.25) is 0 Å². The van der Waals surface area contributed by atoms with Crippen LogP contribution in [0.2, 0.25) is 0 Å². The number of nitrogens with two attached hydrogens (primary N) is 1. The number of amides is 1. The molecule has 3 N–H and O–H groups in total. The molecule has 0 aliphatic carbocycles. The van der Waals surface area contributed by atoms with Crippen LogP contribution in [0.4, 0.5) is 5.69 Å². The molecule has 1 saturated heterocycles. The van der Waals surface area contributed by atoms with Crippen LogP contribution in [-0.4, -0.2) is 42.0 Å². The molecule has 0 aromatic carbocycles. The molecular weight excluding hydrogens is 216 g/mol. The summed E-state index contributed by atoms with van der Waals surface area (Å²) >= 11 is 0. The number of carbonyl (C=O) groups excluding carboxylic acids is 1. The van der Waals surface area contributed by atoms with Crippen LogP contribution in [-0.2, 0) is 0 Å². The van der Waals surface area contributed by atoms with Gasteiger partial charge in [0.1, 0.15) is 5.69 Å². The van der Waals surface area contributed by atoms with Gasteiger partial charge in [-0.25, -0.2) is 4.98 Å². The highest BCUT2D eigenvalue weighted by atomic mass is 16.1. The topological polar surface area (TPSA) is 71.2 Å². The average Bonchev–Trinajstić information content (AvgIpc) is 2.29. The molecule has 0 bridgehead atoms. The predicted octanol–water partition coefficient (Wildman–Crippen LogP) is 0.488. The Hall–Kier alpha value is -1.62. The quantitative estimate of drug-likeness (QED) is 0.781. The first-order valence-corrected chi connectivity index (χ1v) is 5.86. The number of nitrogens with one attached hydrogen (secondary N) is 1. The number of nitrogen functional groups attached to an aromatic ring is 1. The van der Waals surface area contributed by atoms with E-state index in [0.29, 0.717) is 11.4 Å². The highest BCUT2D eigenvalue weighted by Crippen LogP contribution is 2.09. The first-order valence-electron chi connectivity index (χ1n) is 5.86. The molecule has 1 aliphatic heterocycles. The fraction of sp³-hybridized carbons (Fsp3) is 0.500. The van der Waals surface area contributed by atoms with Crippen molar-refractivity contribution in [1.82, 2.24) is 15.2 Å². The lowest BCUT2D eigenvalue weighted by molar-refractivity contribution is 0.0907. The van der Waals surface area contributed by atoms with Gasteiger partial charge in [-0.3, -0.25) is 4.79 Å². The number of likely N-dealkylation sites (N-methyl/N-ethyl adjacent to an activating group) is 1. The van der Waals surface area contributed by atoms with Crippen molar-refractivity contribution in [3.8, 4) is 0 Å². The Morgan fingerprint density at radius 2 is 2.41 bits per heavy atom. The van der Waals surface area contributed by atoms with Crippen LogP contribution in [0, 0.1) is 0 Å². The lowest BCUT2D eigenvalue weighted by Crippen LogP contribution is -2.46. The summed E-state index contributed by atoms with van der Waals surface area (Å²) in [6.07, 6.45) is 3.66. The number of piperidine rings is 1. The Morgan fingerprint density at radius 3 is 3.06 bits per heavy atom. The second-order valence-electron chi connectivity index (χ2n) is 4.55. The molecule has 1 aliphatic rings. The van der Waals surface area contributed by atoms with E-state index in [9.17, 15) is 4.79 Å². The largest absolute Gasteiger partial charge is 0.397 e. The van der Waals surface area contributed by atoms with Gasteiger partial charge >= 0.3 is 0 Å². The molecule has 5 heteroatoms. The third kappa shape index (κ3) is 3.17. The van der Waals surface area contributed by atoms with Crippen LogP contribution in [0.3, 0.4) is 0 Å². The molecule has 1 fully saturated rings. The number of hydrogen-bond acceptors (Lipinski definition) is 4. The van der Waals surface area contributed by atoms with Crippen molar-refractivity contribution in [3.63, 3.8) is 0 Å². The summed E-state index contributed by atoms with van der Waals surface area (Å²) in [5, 5.41) is 3.00. The summed E-state index contributed by atoms with van der Waals surface area (Å²) in [4.78, 5) is 18.1. The molecule has 0 spiro atoms. The van der Waals surface area contributed by atoms with Crippen molar-refractivity contribution in [2.24, 2.45) is 0 Å². The molecule has 0 radical (unpaired) electrons. The summed E-state index contributed by atoms with van der Waals surface area (Å²) in [6, 6.07) is 3.56. The molecule has 5 nitrogen and oxygen atoms in total. The summed E-state index contributed by atoms with van der Waals surface area (Å²) in [7, 11) is 2.07. The normalized spacial score (nSPS) is 21.1. The van der Waals surface area contributed by atoms with Gasteiger partial charge in [0.15, 0.2) is 0 Å². The standard InChI is InChI=1S/C12H18N4O/c1-16-6-2-3-10(8-16)15-12(17)11-5-4-9(13)7-14-11/h4-5,7,10H,2-3,6,8,13H2,1H3,(H,15,17). The maximum absolute atomic E-state index is 11.9. The summed E-state index contributed by atoms with van der Waals surface area (Å²) < 4.78 is 0.